The maximum atomic E-state index is 12.5. The summed E-state index contributed by atoms with van der Waals surface area (Å²) >= 11 is 11.8. The van der Waals surface area contributed by atoms with Crippen LogP contribution in [0.1, 0.15) is 18.4 Å². The Balaban J connectivity index is 1.56. The van der Waals surface area contributed by atoms with E-state index in [2.05, 4.69) is 16.0 Å². The molecule has 2 aromatic carbocycles. The summed E-state index contributed by atoms with van der Waals surface area (Å²) in [7, 11) is 0. The number of nitrogens with zero attached hydrogens (tertiary/aromatic N) is 1. The van der Waals surface area contributed by atoms with Gasteiger partial charge in [0.2, 0.25) is 0 Å². The fourth-order valence-corrected chi connectivity index (χ4v) is 3.45. The van der Waals surface area contributed by atoms with Gasteiger partial charge in [0.15, 0.2) is 0 Å². The molecule has 11 heteroatoms. The average Bonchev–Trinajstić information content (AvgIpc) is 3.29. The molecule has 0 aliphatic carbocycles. The normalized spacial score (nSPS) is 10.8. The maximum absolute atomic E-state index is 12.5. The Morgan fingerprint density at radius 3 is 2.25 bits per heavy atom. The summed E-state index contributed by atoms with van der Waals surface area (Å²) in [6, 6.07) is 16.0. The van der Waals surface area contributed by atoms with Crippen molar-refractivity contribution in [3.63, 3.8) is 0 Å². The molecule has 9 nitrogen and oxygen atoms in total. The Hall–Kier alpha value is -4.26. The molecule has 36 heavy (non-hydrogen) atoms. The molecule has 0 aliphatic heterocycles. The Morgan fingerprint density at radius 1 is 0.944 bits per heavy atom. The number of carbonyl (C=O) groups is 3. The first-order chi connectivity index (χ1) is 17.3. The second-order valence-corrected chi connectivity index (χ2v) is 8.05. The van der Waals surface area contributed by atoms with Crippen LogP contribution in [0.15, 0.2) is 64.6 Å². The average molecular weight is 527 g/mol. The van der Waals surface area contributed by atoms with Crippen LogP contribution in [-0.4, -0.2) is 24.3 Å². The minimum atomic E-state index is -0.919. The minimum Gasteiger partial charge on any atom is -0.494 e. The Labute approximate surface area is 216 Å². The first-order valence-corrected chi connectivity index (χ1v) is 11.3. The maximum Gasteiger partial charge on any atom is 0.313 e. The van der Waals surface area contributed by atoms with Crippen LogP contribution >= 0.6 is 23.2 Å². The SMILES string of the molecule is CCOc1ccc(NC(=O)C(C#N)=Cc2ccc(CNC(=O)C(=O)Nc3cc(Cl)cc(Cl)c3)o2)cc1. The summed E-state index contributed by atoms with van der Waals surface area (Å²) in [6.45, 7) is 2.29. The van der Waals surface area contributed by atoms with Gasteiger partial charge in [0.25, 0.3) is 5.91 Å². The van der Waals surface area contributed by atoms with Gasteiger partial charge in [-0.05, 0) is 61.5 Å². The lowest BCUT2D eigenvalue weighted by Crippen LogP contribution is -2.34. The zero-order valence-electron chi connectivity index (χ0n) is 18.9. The number of anilines is 2. The molecule has 184 valence electrons. The van der Waals surface area contributed by atoms with Crippen LogP contribution in [0.3, 0.4) is 0 Å². The Bertz CT molecular complexity index is 1320. The van der Waals surface area contributed by atoms with Gasteiger partial charge in [0.1, 0.15) is 28.9 Å². The second kappa shape index (κ2) is 12.4. The molecular weight excluding hydrogens is 507 g/mol. The van der Waals surface area contributed by atoms with E-state index >= 15 is 0 Å². The Morgan fingerprint density at radius 2 is 1.61 bits per heavy atom. The first kappa shape index (κ1) is 26.3. The number of benzene rings is 2. The number of halogens is 2. The molecule has 3 aromatic rings. The summed E-state index contributed by atoms with van der Waals surface area (Å²) in [5.74, 6) is -1.27. The van der Waals surface area contributed by atoms with Crippen molar-refractivity contribution in [3.8, 4) is 11.8 Å². The molecule has 0 fully saturated rings. The van der Waals surface area contributed by atoms with E-state index in [9.17, 15) is 19.6 Å². The quantitative estimate of drug-likeness (QED) is 0.219. The lowest BCUT2D eigenvalue weighted by molar-refractivity contribution is -0.136. The molecule has 3 rings (SSSR count). The summed E-state index contributed by atoms with van der Waals surface area (Å²) in [5, 5.41) is 17.4. The first-order valence-electron chi connectivity index (χ1n) is 10.6. The van der Waals surface area contributed by atoms with Gasteiger partial charge in [0.05, 0.1) is 13.2 Å². The highest BCUT2D eigenvalue weighted by atomic mass is 35.5. The van der Waals surface area contributed by atoms with Gasteiger partial charge in [-0.15, -0.1) is 0 Å². The van der Waals surface area contributed by atoms with Crippen LogP contribution in [0.5, 0.6) is 5.75 Å². The van der Waals surface area contributed by atoms with Gasteiger partial charge >= 0.3 is 11.8 Å². The molecule has 1 aromatic heterocycles. The lowest BCUT2D eigenvalue weighted by atomic mass is 10.2. The number of furan rings is 1. The fourth-order valence-electron chi connectivity index (χ4n) is 2.92. The molecule has 1 heterocycles. The van der Waals surface area contributed by atoms with E-state index in [1.807, 2.05) is 13.0 Å². The van der Waals surface area contributed by atoms with Gasteiger partial charge in [-0.1, -0.05) is 23.2 Å². The van der Waals surface area contributed by atoms with E-state index in [0.29, 0.717) is 33.8 Å². The minimum absolute atomic E-state index is 0.101. The van der Waals surface area contributed by atoms with E-state index in [1.165, 1.54) is 30.3 Å². The lowest BCUT2D eigenvalue weighted by Gasteiger charge is -2.07. The van der Waals surface area contributed by atoms with Gasteiger partial charge in [-0.3, -0.25) is 14.4 Å². The van der Waals surface area contributed by atoms with Crippen LogP contribution in [-0.2, 0) is 20.9 Å². The van der Waals surface area contributed by atoms with Gasteiger partial charge in [-0.25, -0.2) is 0 Å². The van der Waals surface area contributed by atoms with Crippen molar-refractivity contribution in [2.24, 2.45) is 0 Å². The molecule has 0 spiro atoms. The smallest absolute Gasteiger partial charge is 0.313 e. The monoisotopic (exact) mass is 526 g/mol. The molecule has 0 unspecified atom stereocenters. The number of ether oxygens (including phenoxy) is 1. The topological polar surface area (TPSA) is 133 Å². The molecular formula is C25H20Cl2N4O5. The predicted octanol–water partition coefficient (Wildman–Crippen LogP) is 4.79. The van der Waals surface area contributed by atoms with E-state index in [-0.39, 0.29) is 23.6 Å². The van der Waals surface area contributed by atoms with Crippen LogP contribution < -0.4 is 20.7 Å². The molecule has 3 amide bonds. The number of hydrogen-bond donors (Lipinski definition) is 3. The summed E-state index contributed by atoms with van der Waals surface area (Å²) in [5.41, 5.74) is 0.574. The van der Waals surface area contributed by atoms with Crippen molar-refractivity contribution >= 4 is 58.4 Å². The van der Waals surface area contributed by atoms with Crippen LogP contribution in [0.2, 0.25) is 10.0 Å². The number of nitrogens with one attached hydrogen (secondary N) is 3. The van der Waals surface area contributed by atoms with Gasteiger partial charge in [-0.2, -0.15) is 5.26 Å². The van der Waals surface area contributed by atoms with Crippen LogP contribution in [0, 0.1) is 11.3 Å². The third-order valence-corrected chi connectivity index (χ3v) is 4.94. The molecule has 0 bridgehead atoms. The predicted molar refractivity (Wildman–Crippen MR) is 135 cm³/mol. The number of carbonyl (C=O) groups excluding carboxylic acids is 3. The van der Waals surface area contributed by atoms with E-state index in [0.717, 1.165) is 0 Å². The second-order valence-electron chi connectivity index (χ2n) is 7.18. The largest absolute Gasteiger partial charge is 0.494 e. The van der Waals surface area contributed by atoms with Crippen LogP contribution in [0.4, 0.5) is 11.4 Å². The third-order valence-electron chi connectivity index (χ3n) is 4.51. The molecule has 0 saturated heterocycles. The molecule has 0 atom stereocenters. The van der Waals surface area contributed by atoms with E-state index < -0.39 is 17.7 Å². The molecule has 0 saturated carbocycles. The zero-order valence-corrected chi connectivity index (χ0v) is 20.4. The van der Waals surface area contributed by atoms with Crippen molar-refractivity contribution in [1.29, 1.82) is 5.26 Å². The highest BCUT2D eigenvalue weighted by molar-refractivity contribution is 6.40. The van der Waals surface area contributed by atoms with Crippen molar-refractivity contribution in [2.75, 3.05) is 17.2 Å². The van der Waals surface area contributed by atoms with Gasteiger partial charge < -0.3 is 25.1 Å². The van der Waals surface area contributed by atoms with Crippen molar-refractivity contribution in [2.45, 2.75) is 13.5 Å². The summed E-state index contributed by atoms with van der Waals surface area (Å²) in [6.07, 6.45) is 1.27. The highest BCUT2D eigenvalue weighted by Gasteiger charge is 2.15. The molecule has 0 radical (unpaired) electrons. The highest BCUT2D eigenvalue weighted by Crippen LogP contribution is 2.22. The van der Waals surface area contributed by atoms with E-state index in [4.69, 9.17) is 32.4 Å². The number of hydrogen-bond acceptors (Lipinski definition) is 6. The van der Waals surface area contributed by atoms with Crippen molar-refractivity contribution in [1.82, 2.24) is 5.32 Å². The standard InChI is InChI=1S/C25H20Cl2N4O5/c1-2-35-20-5-3-18(4-6-20)30-23(32)15(13-28)9-21-7-8-22(36-21)14-29-24(33)25(34)31-19-11-16(26)10-17(27)12-19/h3-12H,2,14H2,1H3,(H,29,33)(H,30,32)(H,31,34). The van der Waals surface area contributed by atoms with Crippen LogP contribution in [0.25, 0.3) is 6.08 Å². The fraction of sp³-hybridized carbons (Fsp3) is 0.120. The van der Waals surface area contributed by atoms with E-state index in [1.54, 1.807) is 30.3 Å². The van der Waals surface area contributed by atoms with Crippen molar-refractivity contribution in [3.05, 3.63) is 81.7 Å². The summed E-state index contributed by atoms with van der Waals surface area (Å²) < 4.78 is 10.9. The van der Waals surface area contributed by atoms with Gasteiger partial charge in [0, 0.05) is 27.5 Å². The summed E-state index contributed by atoms with van der Waals surface area (Å²) in [4.78, 5) is 36.6. The Kier molecular flexibility index (Phi) is 9.11. The molecule has 0 aliphatic rings. The van der Waals surface area contributed by atoms with Crippen molar-refractivity contribution < 1.29 is 23.5 Å². The third kappa shape index (κ3) is 7.63. The molecule has 3 N–H and O–H groups in total. The number of nitriles is 1. The number of rotatable bonds is 8. The number of amides is 3. The zero-order chi connectivity index (χ0) is 26.1.